The predicted molar refractivity (Wildman–Crippen MR) is 84.2 cm³/mol. The molecule has 3 nitrogen and oxygen atoms in total. The number of hydrogen-bond donors (Lipinski definition) is 1. The molecular weight excluding hydrogens is 357 g/mol. The monoisotopic (exact) mass is 371 g/mol. The van der Waals surface area contributed by atoms with Crippen molar-refractivity contribution in [3.8, 4) is 0 Å². The van der Waals surface area contributed by atoms with Crippen LogP contribution in [0, 0.1) is 5.82 Å². The third-order valence-electron chi connectivity index (χ3n) is 3.07. The molecule has 0 radical (unpaired) electrons. The molecule has 0 saturated carbocycles. The third-order valence-corrected chi connectivity index (χ3v) is 5.27. The molecule has 0 unspecified atom stereocenters. The molecule has 0 aliphatic heterocycles. The van der Waals surface area contributed by atoms with E-state index < -0.39 is 16.1 Å². The highest BCUT2D eigenvalue weighted by molar-refractivity contribution is 9.08. The van der Waals surface area contributed by atoms with Crippen molar-refractivity contribution in [2.24, 2.45) is 0 Å². The average molecular weight is 372 g/mol. The van der Waals surface area contributed by atoms with Gasteiger partial charge in [-0.3, -0.25) is 0 Å². The molecule has 0 saturated heterocycles. The zero-order valence-electron chi connectivity index (χ0n) is 11.4. The summed E-state index contributed by atoms with van der Waals surface area (Å²) in [6, 6.07) is 12.0. The van der Waals surface area contributed by atoms with E-state index in [2.05, 4.69) is 20.7 Å². The van der Waals surface area contributed by atoms with Crippen molar-refractivity contribution in [2.75, 3.05) is 0 Å². The topological polar surface area (TPSA) is 46.2 Å². The van der Waals surface area contributed by atoms with E-state index >= 15 is 0 Å². The maximum absolute atomic E-state index is 13.2. The van der Waals surface area contributed by atoms with Gasteiger partial charge in [-0.25, -0.2) is 17.5 Å². The summed E-state index contributed by atoms with van der Waals surface area (Å²) in [4.78, 5) is 0.190. The molecule has 0 amide bonds. The number of rotatable bonds is 5. The molecule has 112 valence electrons. The molecule has 1 N–H and O–H groups in total. The van der Waals surface area contributed by atoms with Gasteiger partial charge in [0.1, 0.15) is 5.82 Å². The van der Waals surface area contributed by atoms with Crippen LogP contribution < -0.4 is 4.72 Å². The second kappa shape index (κ2) is 6.68. The summed E-state index contributed by atoms with van der Waals surface area (Å²) in [5, 5.41) is 0.667. The highest BCUT2D eigenvalue weighted by Gasteiger charge is 2.18. The number of nitrogens with one attached hydrogen (secondary N) is 1. The van der Waals surface area contributed by atoms with E-state index in [9.17, 15) is 12.8 Å². The van der Waals surface area contributed by atoms with Crippen LogP contribution >= 0.6 is 15.9 Å². The summed E-state index contributed by atoms with van der Waals surface area (Å²) in [5.41, 5.74) is 1.57. The molecule has 0 heterocycles. The Kier molecular flexibility index (Phi) is 5.13. The lowest BCUT2D eigenvalue weighted by molar-refractivity contribution is 0.564. The van der Waals surface area contributed by atoms with Gasteiger partial charge in [-0.1, -0.05) is 40.2 Å². The molecule has 1 atom stereocenters. The number of hydrogen-bond acceptors (Lipinski definition) is 2. The first-order valence-electron chi connectivity index (χ1n) is 6.35. The number of halogens is 2. The van der Waals surface area contributed by atoms with Crippen molar-refractivity contribution in [2.45, 2.75) is 23.2 Å². The predicted octanol–water partition coefficient (Wildman–Crippen LogP) is 3.76. The first kappa shape index (κ1) is 16.1. The first-order chi connectivity index (χ1) is 9.92. The van der Waals surface area contributed by atoms with E-state index in [0.29, 0.717) is 10.9 Å². The summed E-state index contributed by atoms with van der Waals surface area (Å²) < 4.78 is 40.3. The van der Waals surface area contributed by atoms with Gasteiger partial charge in [0, 0.05) is 11.4 Å². The Morgan fingerprint density at radius 1 is 1.19 bits per heavy atom. The maximum Gasteiger partial charge on any atom is 0.241 e. The SMILES string of the molecule is C[C@H](NS(=O)(=O)c1ccc(CBr)cc1)c1cccc(F)c1. The molecule has 0 fully saturated rings. The molecule has 21 heavy (non-hydrogen) atoms. The van der Waals surface area contributed by atoms with Crippen molar-refractivity contribution < 1.29 is 12.8 Å². The molecule has 2 aromatic carbocycles. The molecule has 2 aromatic rings. The van der Waals surface area contributed by atoms with Gasteiger partial charge in [0.25, 0.3) is 0 Å². The standard InChI is InChI=1S/C15H15BrFNO2S/c1-11(13-3-2-4-14(17)9-13)18-21(19,20)15-7-5-12(10-16)6-8-15/h2-9,11,18H,10H2,1H3/t11-/m0/s1. The lowest BCUT2D eigenvalue weighted by Crippen LogP contribution is -2.26. The Labute approximate surface area is 132 Å². The van der Waals surface area contributed by atoms with Crippen LogP contribution in [0.5, 0.6) is 0 Å². The van der Waals surface area contributed by atoms with Gasteiger partial charge in [0.15, 0.2) is 0 Å². The van der Waals surface area contributed by atoms with Crippen molar-refractivity contribution >= 4 is 26.0 Å². The normalized spacial score (nSPS) is 13.1. The summed E-state index contributed by atoms with van der Waals surface area (Å²) in [6.07, 6.45) is 0. The summed E-state index contributed by atoms with van der Waals surface area (Å²) in [6.45, 7) is 1.68. The van der Waals surface area contributed by atoms with Gasteiger partial charge in [-0.2, -0.15) is 0 Å². The van der Waals surface area contributed by atoms with Crippen molar-refractivity contribution in [3.05, 3.63) is 65.5 Å². The minimum atomic E-state index is -3.63. The van der Waals surface area contributed by atoms with Crippen LogP contribution in [0.15, 0.2) is 53.4 Å². The van der Waals surface area contributed by atoms with E-state index in [-0.39, 0.29) is 10.7 Å². The Bertz CT molecular complexity index is 717. The van der Waals surface area contributed by atoms with Gasteiger partial charge in [0.05, 0.1) is 4.90 Å². The molecule has 0 bridgehead atoms. The number of alkyl halides is 1. The molecule has 0 aliphatic rings. The summed E-state index contributed by atoms with van der Waals surface area (Å²) in [5.74, 6) is -0.389. The quantitative estimate of drug-likeness (QED) is 0.813. The van der Waals surface area contributed by atoms with Gasteiger partial charge >= 0.3 is 0 Å². The second-order valence-corrected chi connectivity index (χ2v) is 6.95. The Hall–Kier alpha value is -1.24. The van der Waals surface area contributed by atoms with E-state index in [1.165, 1.54) is 12.1 Å². The van der Waals surface area contributed by atoms with Crippen LogP contribution in [0.1, 0.15) is 24.1 Å². The molecule has 0 aromatic heterocycles. The maximum atomic E-state index is 13.2. The smallest absolute Gasteiger partial charge is 0.207 e. The molecule has 0 aliphatic carbocycles. The molecule has 0 spiro atoms. The minimum Gasteiger partial charge on any atom is -0.207 e. The lowest BCUT2D eigenvalue weighted by Gasteiger charge is -2.15. The summed E-state index contributed by atoms with van der Waals surface area (Å²) in [7, 11) is -3.63. The number of benzene rings is 2. The van der Waals surface area contributed by atoms with Gasteiger partial charge in [0.2, 0.25) is 10.0 Å². The van der Waals surface area contributed by atoms with Crippen LogP contribution in [0.4, 0.5) is 4.39 Å². The van der Waals surface area contributed by atoms with Crippen LogP contribution in [-0.2, 0) is 15.4 Å². The lowest BCUT2D eigenvalue weighted by atomic mass is 10.1. The van der Waals surface area contributed by atoms with E-state index in [4.69, 9.17) is 0 Å². The summed E-state index contributed by atoms with van der Waals surface area (Å²) >= 11 is 3.31. The second-order valence-electron chi connectivity index (χ2n) is 4.68. The fraction of sp³-hybridized carbons (Fsp3) is 0.200. The van der Waals surface area contributed by atoms with Crippen LogP contribution in [0.2, 0.25) is 0 Å². The number of sulfonamides is 1. The largest absolute Gasteiger partial charge is 0.241 e. The van der Waals surface area contributed by atoms with Crippen molar-refractivity contribution in [1.29, 1.82) is 0 Å². The zero-order valence-corrected chi connectivity index (χ0v) is 13.8. The fourth-order valence-electron chi connectivity index (χ4n) is 1.90. The Morgan fingerprint density at radius 2 is 1.86 bits per heavy atom. The van der Waals surface area contributed by atoms with E-state index in [1.54, 1.807) is 43.3 Å². The highest BCUT2D eigenvalue weighted by Crippen LogP contribution is 2.18. The molecular formula is C15H15BrFNO2S. The van der Waals surface area contributed by atoms with E-state index in [0.717, 1.165) is 5.56 Å². The minimum absolute atomic E-state index is 0.190. The van der Waals surface area contributed by atoms with Crippen LogP contribution in [0.3, 0.4) is 0 Å². The van der Waals surface area contributed by atoms with Gasteiger partial charge in [-0.15, -0.1) is 0 Å². The van der Waals surface area contributed by atoms with E-state index in [1.807, 2.05) is 0 Å². The Balaban J connectivity index is 2.20. The van der Waals surface area contributed by atoms with Gasteiger partial charge in [-0.05, 0) is 42.3 Å². The molecule has 2 rings (SSSR count). The molecule has 6 heteroatoms. The zero-order chi connectivity index (χ0) is 15.5. The van der Waals surface area contributed by atoms with Crippen molar-refractivity contribution in [1.82, 2.24) is 4.72 Å². The van der Waals surface area contributed by atoms with Crippen LogP contribution in [0.25, 0.3) is 0 Å². The van der Waals surface area contributed by atoms with Crippen molar-refractivity contribution in [3.63, 3.8) is 0 Å². The highest BCUT2D eigenvalue weighted by atomic mass is 79.9. The fourth-order valence-corrected chi connectivity index (χ4v) is 3.51. The van der Waals surface area contributed by atoms with Crippen LogP contribution in [-0.4, -0.2) is 8.42 Å². The average Bonchev–Trinajstić information content (AvgIpc) is 2.47. The first-order valence-corrected chi connectivity index (χ1v) is 8.95. The van der Waals surface area contributed by atoms with Gasteiger partial charge < -0.3 is 0 Å². The Morgan fingerprint density at radius 3 is 2.43 bits per heavy atom. The third kappa shape index (κ3) is 4.12.